The lowest BCUT2D eigenvalue weighted by atomic mass is 10.0. The lowest BCUT2D eigenvalue weighted by Crippen LogP contribution is -2.43. The van der Waals surface area contributed by atoms with E-state index in [1.165, 1.54) is 7.11 Å². The van der Waals surface area contributed by atoms with Crippen LogP contribution in [-0.4, -0.2) is 25.2 Å². The lowest BCUT2D eigenvalue weighted by Gasteiger charge is -2.18. The van der Waals surface area contributed by atoms with Crippen LogP contribution in [0.2, 0.25) is 0 Å². The Labute approximate surface area is 149 Å². The minimum Gasteiger partial charge on any atom is -0.467 e. The molecule has 1 amide bonds. The monoisotopic (exact) mass is 345 g/mol. The van der Waals surface area contributed by atoms with Crippen LogP contribution in [0.5, 0.6) is 0 Å². The van der Waals surface area contributed by atoms with E-state index in [0.717, 1.165) is 24.8 Å². The number of ether oxygens (including phenoxy) is 2. The Morgan fingerprint density at radius 3 is 2.56 bits per heavy atom. The number of alkyl carbamates (subject to hydrolysis) is 1. The van der Waals surface area contributed by atoms with Gasteiger partial charge in [0, 0.05) is 5.57 Å². The summed E-state index contributed by atoms with van der Waals surface area (Å²) in [7, 11) is 1.30. The van der Waals surface area contributed by atoms with Gasteiger partial charge in [-0.05, 0) is 30.9 Å². The van der Waals surface area contributed by atoms with Crippen LogP contribution in [0.3, 0.4) is 0 Å². The molecule has 0 saturated carbocycles. The Balaban J connectivity index is 2.81. The molecular weight excluding hydrogens is 318 g/mol. The molecule has 0 aromatic heterocycles. The van der Waals surface area contributed by atoms with Gasteiger partial charge in [-0.1, -0.05) is 50.6 Å². The zero-order valence-corrected chi connectivity index (χ0v) is 15.2. The van der Waals surface area contributed by atoms with E-state index in [9.17, 15) is 9.59 Å². The van der Waals surface area contributed by atoms with Crippen molar-refractivity contribution in [3.63, 3.8) is 0 Å². The van der Waals surface area contributed by atoms with Crippen molar-refractivity contribution in [2.24, 2.45) is 0 Å². The molecule has 5 heteroatoms. The summed E-state index contributed by atoms with van der Waals surface area (Å²) >= 11 is 0. The van der Waals surface area contributed by atoms with Gasteiger partial charge in [0.25, 0.3) is 0 Å². The number of carbonyl (C=O) groups excluding carboxylic acids is 2. The van der Waals surface area contributed by atoms with Gasteiger partial charge in [0.1, 0.15) is 6.61 Å². The number of hydrogen-bond donors (Lipinski definition) is 1. The quantitative estimate of drug-likeness (QED) is 0.540. The summed E-state index contributed by atoms with van der Waals surface area (Å²) in [5.41, 5.74) is 4.70. The normalized spacial score (nSPS) is 11.0. The van der Waals surface area contributed by atoms with Gasteiger partial charge in [0.05, 0.1) is 7.11 Å². The fraction of sp³-hybridized carbons (Fsp3) is 0.450. The van der Waals surface area contributed by atoms with Crippen LogP contribution in [-0.2, 0) is 20.9 Å². The van der Waals surface area contributed by atoms with E-state index in [1.807, 2.05) is 43.3 Å². The number of unbranched alkanes of at least 4 members (excludes halogenated alkanes) is 1. The molecule has 1 rings (SSSR count). The summed E-state index contributed by atoms with van der Waals surface area (Å²) in [5.74, 6) is -0.528. The molecule has 0 fully saturated rings. The summed E-state index contributed by atoms with van der Waals surface area (Å²) in [5, 5.41) is 2.60. The zero-order chi connectivity index (χ0) is 18.5. The van der Waals surface area contributed by atoms with Crippen LogP contribution in [0.25, 0.3) is 0 Å². The first kappa shape index (κ1) is 20.5. The molecule has 0 saturated heterocycles. The summed E-state index contributed by atoms with van der Waals surface area (Å²) in [4.78, 5) is 24.2. The van der Waals surface area contributed by atoms with Crippen molar-refractivity contribution in [3.8, 4) is 0 Å². The van der Waals surface area contributed by atoms with Gasteiger partial charge in [-0.2, -0.15) is 0 Å². The molecule has 25 heavy (non-hydrogen) atoms. The van der Waals surface area contributed by atoms with E-state index in [1.54, 1.807) is 0 Å². The fourth-order valence-electron chi connectivity index (χ4n) is 2.19. The standard InChI is InChI=1S/C20H27NO4/c1-4-6-13-17(14-7-5-2)18(19(22)24-3)21-20(23)25-15-16-11-9-8-10-12-16/h6,8-12,18H,4-5,7,14-15H2,1-3H3,(H,21,23). The molecule has 1 N–H and O–H groups in total. The molecule has 1 atom stereocenters. The van der Waals surface area contributed by atoms with E-state index in [0.29, 0.717) is 12.0 Å². The first-order valence-corrected chi connectivity index (χ1v) is 8.61. The van der Waals surface area contributed by atoms with Gasteiger partial charge in [0.15, 0.2) is 6.04 Å². The number of hydrogen-bond acceptors (Lipinski definition) is 4. The average Bonchev–Trinajstić information content (AvgIpc) is 2.65. The predicted octanol–water partition coefficient (Wildman–Crippen LogP) is 4.14. The van der Waals surface area contributed by atoms with Gasteiger partial charge >= 0.3 is 12.1 Å². The molecule has 0 aliphatic heterocycles. The molecular formula is C20H27NO4. The van der Waals surface area contributed by atoms with Crippen molar-refractivity contribution in [2.45, 2.75) is 52.2 Å². The molecule has 0 heterocycles. The van der Waals surface area contributed by atoms with Gasteiger partial charge in [-0.3, -0.25) is 0 Å². The number of esters is 1. The second-order valence-corrected chi connectivity index (χ2v) is 5.55. The molecule has 0 spiro atoms. The van der Waals surface area contributed by atoms with Crippen LogP contribution < -0.4 is 5.32 Å². The molecule has 5 nitrogen and oxygen atoms in total. The minimum atomic E-state index is -0.886. The number of methoxy groups -OCH3 is 1. The number of benzene rings is 1. The highest BCUT2D eigenvalue weighted by Crippen LogP contribution is 2.13. The number of carbonyl (C=O) groups is 2. The van der Waals surface area contributed by atoms with Crippen molar-refractivity contribution in [3.05, 3.63) is 53.3 Å². The van der Waals surface area contributed by atoms with E-state index in [-0.39, 0.29) is 6.61 Å². The van der Waals surface area contributed by atoms with Crippen molar-refractivity contribution < 1.29 is 19.1 Å². The van der Waals surface area contributed by atoms with Crippen molar-refractivity contribution in [2.75, 3.05) is 7.11 Å². The minimum absolute atomic E-state index is 0.138. The van der Waals surface area contributed by atoms with E-state index < -0.39 is 18.1 Å². The molecule has 136 valence electrons. The van der Waals surface area contributed by atoms with Gasteiger partial charge < -0.3 is 14.8 Å². The van der Waals surface area contributed by atoms with Crippen LogP contribution in [0, 0.1) is 0 Å². The second-order valence-electron chi connectivity index (χ2n) is 5.55. The highest BCUT2D eigenvalue weighted by Gasteiger charge is 2.26. The Kier molecular flexibility index (Phi) is 9.79. The van der Waals surface area contributed by atoms with Gasteiger partial charge in [-0.15, -0.1) is 5.73 Å². The summed E-state index contributed by atoms with van der Waals surface area (Å²) in [6.45, 7) is 4.19. The predicted molar refractivity (Wildman–Crippen MR) is 97.0 cm³/mol. The topological polar surface area (TPSA) is 64.6 Å². The molecule has 1 aromatic rings. The van der Waals surface area contributed by atoms with Crippen molar-refractivity contribution in [1.82, 2.24) is 5.32 Å². The van der Waals surface area contributed by atoms with E-state index in [4.69, 9.17) is 9.47 Å². The van der Waals surface area contributed by atoms with Crippen molar-refractivity contribution >= 4 is 12.1 Å². The molecule has 0 aliphatic rings. The molecule has 0 aliphatic carbocycles. The highest BCUT2D eigenvalue weighted by molar-refractivity contribution is 5.84. The maximum absolute atomic E-state index is 12.1. The SMILES string of the molecule is CCC=C=C(CCCC)C(NC(=O)OCc1ccccc1)C(=O)OC. The largest absolute Gasteiger partial charge is 0.467 e. The van der Waals surface area contributed by atoms with Crippen LogP contribution in [0.15, 0.2) is 47.7 Å². The maximum Gasteiger partial charge on any atom is 0.408 e. The number of amides is 1. The van der Waals surface area contributed by atoms with Crippen LogP contribution in [0.4, 0.5) is 4.79 Å². The van der Waals surface area contributed by atoms with Crippen molar-refractivity contribution in [1.29, 1.82) is 0 Å². The summed E-state index contributed by atoms with van der Waals surface area (Å²) in [6.07, 6.45) is 4.51. The molecule has 1 unspecified atom stereocenters. The Hall–Kier alpha value is -2.52. The first-order chi connectivity index (χ1) is 12.1. The lowest BCUT2D eigenvalue weighted by molar-refractivity contribution is -0.142. The summed E-state index contributed by atoms with van der Waals surface area (Å²) < 4.78 is 10.0. The summed E-state index contributed by atoms with van der Waals surface area (Å²) in [6, 6.07) is 8.47. The Morgan fingerprint density at radius 1 is 1.24 bits per heavy atom. The Morgan fingerprint density at radius 2 is 1.96 bits per heavy atom. The average molecular weight is 345 g/mol. The number of rotatable bonds is 9. The molecule has 1 aromatic carbocycles. The Bertz CT molecular complexity index is 603. The third-order valence-corrected chi connectivity index (χ3v) is 3.55. The van der Waals surface area contributed by atoms with E-state index >= 15 is 0 Å². The molecule has 0 radical (unpaired) electrons. The molecule has 0 bridgehead atoms. The third kappa shape index (κ3) is 7.73. The highest BCUT2D eigenvalue weighted by atomic mass is 16.6. The number of nitrogens with one attached hydrogen (secondary N) is 1. The van der Waals surface area contributed by atoms with Gasteiger partial charge in [-0.25, -0.2) is 9.59 Å². The zero-order valence-electron chi connectivity index (χ0n) is 15.2. The smallest absolute Gasteiger partial charge is 0.408 e. The van der Waals surface area contributed by atoms with Gasteiger partial charge in [0.2, 0.25) is 0 Å². The fourth-order valence-corrected chi connectivity index (χ4v) is 2.19. The van der Waals surface area contributed by atoms with Crippen LogP contribution in [0.1, 0.15) is 45.1 Å². The maximum atomic E-state index is 12.1. The second kappa shape index (κ2) is 11.9. The first-order valence-electron chi connectivity index (χ1n) is 8.61. The van der Waals surface area contributed by atoms with E-state index in [2.05, 4.69) is 18.0 Å². The third-order valence-electron chi connectivity index (χ3n) is 3.55. The van der Waals surface area contributed by atoms with Crippen LogP contribution >= 0.6 is 0 Å².